The van der Waals surface area contributed by atoms with E-state index in [0.29, 0.717) is 25.1 Å². The third-order valence-electron chi connectivity index (χ3n) is 5.29. The molecule has 0 spiro atoms. The highest BCUT2D eigenvalue weighted by Gasteiger charge is 2.20. The average molecular weight is 392 g/mol. The highest BCUT2D eigenvalue weighted by atomic mass is 35.5. The highest BCUT2D eigenvalue weighted by molar-refractivity contribution is 6.04. The fourth-order valence-corrected chi connectivity index (χ4v) is 3.84. The number of H-pyrrole nitrogens is 1. The number of rotatable bonds is 2. The van der Waals surface area contributed by atoms with E-state index in [9.17, 15) is 14.0 Å². The quantitative estimate of drug-likeness (QED) is 0.689. The Bertz CT molecular complexity index is 926. The van der Waals surface area contributed by atoms with Crippen molar-refractivity contribution in [3.05, 3.63) is 62.3 Å². The summed E-state index contributed by atoms with van der Waals surface area (Å²) >= 11 is 0. The van der Waals surface area contributed by atoms with Crippen LogP contribution in [0.4, 0.5) is 10.1 Å². The Morgan fingerprint density at radius 3 is 2.74 bits per heavy atom. The molecule has 2 aliphatic rings. The van der Waals surface area contributed by atoms with E-state index in [1.165, 1.54) is 0 Å². The van der Waals surface area contributed by atoms with Gasteiger partial charge in [0.2, 0.25) is 0 Å². The molecular formula is C20H23ClFN3O2. The molecule has 5 nitrogen and oxygen atoms in total. The summed E-state index contributed by atoms with van der Waals surface area (Å²) in [6.45, 7) is 1.34. The third kappa shape index (κ3) is 3.92. The minimum absolute atomic E-state index is 0. The molecule has 1 aliphatic heterocycles. The van der Waals surface area contributed by atoms with Gasteiger partial charge in [0.05, 0.1) is 5.69 Å². The van der Waals surface area contributed by atoms with Gasteiger partial charge in [0.1, 0.15) is 11.4 Å². The summed E-state index contributed by atoms with van der Waals surface area (Å²) in [4.78, 5) is 27.8. The molecule has 1 aliphatic carbocycles. The average Bonchev–Trinajstić information content (AvgIpc) is 2.88. The van der Waals surface area contributed by atoms with Crippen molar-refractivity contribution in [1.29, 1.82) is 0 Å². The maximum Gasteiger partial charge on any atom is 0.261 e. The molecule has 4 rings (SSSR count). The topological polar surface area (TPSA) is 74.0 Å². The Morgan fingerprint density at radius 1 is 1.07 bits per heavy atom. The summed E-state index contributed by atoms with van der Waals surface area (Å²) in [6.07, 6.45) is 5.49. The molecular weight excluding hydrogens is 369 g/mol. The molecule has 0 unspecified atom stereocenters. The predicted molar refractivity (Wildman–Crippen MR) is 105 cm³/mol. The monoisotopic (exact) mass is 391 g/mol. The summed E-state index contributed by atoms with van der Waals surface area (Å²) in [6, 6.07) is 5.06. The number of halogens is 2. The highest BCUT2D eigenvalue weighted by Crippen LogP contribution is 2.25. The molecule has 2 heterocycles. The van der Waals surface area contributed by atoms with E-state index >= 15 is 0 Å². The van der Waals surface area contributed by atoms with Crippen LogP contribution in [0.5, 0.6) is 0 Å². The number of benzene rings is 1. The predicted octanol–water partition coefficient (Wildman–Crippen LogP) is 3.10. The number of amides is 1. The minimum Gasteiger partial charge on any atom is -0.325 e. The van der Waals surface area contributed by atoms with Crippen molar-refractivity contribution >= 4 is 24.0 Å². The first-order valence-electron chi connectivity index (χ1n) is 9.21. The number of hydrogen-bond donors (Lipinski definition) is 3. The van der Waals surface area contributed by atoms with Gasteiger partial charge in [-0.2, -0.15) is 0 Å². The van der Waals surface area contributed by atoms with Gasteiger partial charge in [-0.05, 0) is 67.5 Å². The van der Waals surface area contributed by atoms with Crippen LogP contribution in [-0.4, -0.2) is 17.4 Å². The molecule has 3 N–H and O–H groups in total. The van der Waals surface area contributed by atoms with E-state index in [1.807, 2.05) is 6.07 Å². The van der Waals surface area contributed by atoms with Gasteiger partial charge in [0.25, 0.3) is 11.5 Å². The molecule has 0 atom stereocenters. The van der Waals surface area contributed by atoms with Crippen LogP contribution >= 0.6 is 12.4 Å². The Kier molecular flexibility index (Phi) is 5.97. The van der Waals surface area contributed by atoms with Crippen LogP contribution < -0.4 is 16.2 Å². The summed E-state index contributed by atoms with van der Waals surface area (Å²) in [7, 11) is 0. The molecule has 0 fully saturated rings. The smallest absolute Gasteiger partial charge is 0.261 e. The largest absolute Gasteiger partial charge is 0.325 e. The van der Waals surface area contributed by atoms with Gasteiger partial charge in [-0.15, -0.1) is 12.4 Å². The first kappa shape index (κ1) is 19.6. The number of fused-ring (bicyclic) bond motifs is 2. The molecule has 1 amide bonds. The number of aromatic nitrogens is 1. The van der Waals surface area contributed by atoms with Crippen molar-refractivity contribution < 1.29 is 9.18 Å². The second-order valence-electron chi connectivity index (χ2n) is 7.02. The van der Waals surface area contributed by atoms with Crippen molar-refractivity contribution in [1.82, 2.24) is 10.3 Å². The molecule has 0 radical (unpaired) electrons. The summed E-state index contributed by atoms with van der Waals surface area (Å²) in [5.74, 6) is -0.963. The maximum atomic E-state index is 14.7. The lowest BCUT2D eigenvalue weighted by Crippen LogP contribution is -2.27. The van der Waals surface area contributed by atoms with Crippen molar-refractivity contribution in [2.45, 2.75) is 45.1 Å². The number of aromatic amines is 1. The molecule has 27 heavy (non-hydrogen) atoms. The first-order valence-corrected chi connectivity index (χ1v) is 9.21. The number of carbonyl (C=O) groups excluding carboxylic acids is 1. The van der Waals surface area contributed by atoms with Crippen LogP contribution in [-0.2, 0) is 25.8 Å². The lowest BCUT2D eigenvalue weighted by Gasteiger charge is -2.19. The Balaban J connectivity index is 0.00000210. The summed E-state index contributed by atoms with van der Waals surface area (Å²) in [5, 5.41) is 5.78. The molecule has 2 aromatic rings. The molecule has 0 saturated heterocycles. The van der Waals surface area contributed by atoms with Gasteiger partial charge >= 0.3 is 0 Å². The van der Waals surface area contributed by atoms with Gasteiger partial charge < -0.3 is 15.6 Å². The van der Waals surface area contributed by atoms with E-state index in [1.54, 1.807) is 12.1 Å². The first-order chi connectivity index (χ1) is 12.6. The van der Waals surface area contributed by atoms with Gasteiger partial charge in [-0.25, -0.2) is 4.39 Å². The lowest BCUT2D eigenvalue weighted by atomic mass is 9.99. The zero-order valence-corrected chi connectivity index (χ0v) is 15.8. The maximum absolute atomic E-state index is 14.7. The normalized spacial score (nSPS) is 15.7. The SMILES string of the molecule is Cl.O=C(Nc1ccc2c(c1F)CCNC2)c1cc2c([nH]c1=O)CCCCC2. The van der Waals surface area contributed by atoms with E-state index in [2.05, 4.69) is 15.6 Å². The fraction of sp³-hybridized carbons (Fsp3) is 0.400. The van der Waals surface area contributed by atoms with E-state index < -0.39 is 17.3 Å². The zero-order chi connectivity index (χ0) is 18.1. The van der Waals surface area contributed by atoms with Gasteiger partial charge in [-0.3, -0.25) is 9.59 Å². The van der Waals surface area contributed by atoms with E-state index in [-0.39, 0.29) is 23.7 Å². The van der Waals surface area contributed by atoms with Crippen molar-refractivity contribution in [2.24, 2.45) is 0 Å². The number of anilines is 1. The van der Waals surface area contributed by atoms with E-state index in [4.69, 9.17) is 0 Å². The molecule has 1 aromatic heterocycles. The van der Waals surface area contributed by atoms with Crippen molar-refractivity contribution in [3.63, 3.8) is 0 Å². The Hall–Kier alpha value is -2.18. The number of carbonyl (C=O) groups is 1. The minimum atomic E-state index is -0.564. The molecule has 7 heteroatoms. The van der Waals surface area contributed by atoms with Crippen LogP contribution in [0, 0.1) is 5.82 Å². The number of nitrogens with one attached hydrogen (secondary N) is 3. The molecule has 1 aromatic carbocycles. The van der Waals surface area contributed by atoms with Gasteiger partial charge in [-0.1, -0.05) is 12.5 Å². The second-order valence-corrected chi connectivity index (χ2v) is 7.02. The van der Waals surface area contributed by atoms with E-state index in [0.717, 1.165) is 48.9 Å². The Morgan fingerprint density at radius 2 is 1.89 bits per heavy atom. The van der Waals surface area contributed by atoms with Crippen LogP contribution in [0.15, 0.2) is 23.0 Å². The van der Waals surface area contributed by atoms with Crippen LogP contribution in [0.1, 0.15) is 52.0 Å². The van der Waals surface area contributed by atoms with Crippen molar-refractivity contribution in [3.8, 4) is 0 Å². The Labute approximate surface area is 163 Å². The standard InChI is InChI=1S/C20H22FN3O2.ClH/c21-18-14-8-9-22-11-13(14)6-7-17(18)24-20(26)15-10-12-4-2-1-3-5-16(12)23-19(15)25;/h6-7,10,22H,1-5,8-9,11H2,(H,23,25)(H,24,26);1H. The lowest BCUT2D eigenvalue weighted by molar-refractivity contribution is 0.102. The van der Waals surface area contributed by atoms with Crippen molar-refractivity contribution in [2.75, 3.05) is 11.9 Å². The summed E-state index contributed by atoms with van der Waals surface area (Å²) < 4.78 is 14.7. The van der Waals surface area contributed by atoms with Crippen LogP contribution in [0.3, 0.4) is 0 Å². The van der Waals surface area contributed by atoms with Crippen LogP contribution in [0.2, 0.25) is 0 Å². The molecule has 144 valence electrons. The van der Waals surface area contributed by atoms with Crippen LogP contribution in [0.25, 0.3) is 0 Å². The summed E-state index contributed by atoms with van der Waals surface area (Å²) in [5.41, 5.74) is 3.26. The second kappa shape index (κ2) is 8.23. The number of aryl methyl sites for hydroxylation is 2. The number of pyridine rings is 1. The zero-order valence-electron chi connectivity index (χ0n) is 15.0. The van der Waals surface area contributed by atoms with Gasteiger partial charge in [0.15, 0.2) is 0 Å². The fourth-order valence-electron chi connectivity index (χ4n) is 3.84. The molecule has 0 saturated carbocycles. The third-order valence-corrected chi connectivity index (χ3v) is 5.29. The van der Waals surface area contributed by atoms with Gasteiger partial charge in [0, 0.05) is 12.2 Å². The molecule has 0 bridgehead atoms. The number of hydrogen-bond acceptors (Lipinski definition) is 3.